The lowest BCUT2D eigenvalue weighted by Gasteiger charge is -2.44. The van der Waals surface area contributed by atoms with Crippen LogP contribution in [0.25, 0.3) is 0 Å². The van der Waals surface area contributed by atoms with Crippen LogP contribution in [-0.4, -0.2) is 31.2 Å². The Balaban J connectivity index is 1.83. The standard InChI is InChI=1S/C20H16ClNO5/c1-26-20(25)17-13(11-6-2-4-8-14(11)21)10-16-22(18(17)23)15-9-5-3-7-12(15)19(24)27-16/h2-9,13,16-17H,10H2,1H3/t13-,16+,17-/m1/s1. The first-order valence-corrected chi connectivity index (χ1v) is 8.86. The monoisotopic (exact) mass is 385 g/mol. The number of anilines is 1. The van der Waals surface area contributed by atoms with Gasteiger partial charge in [0, 0.05) is 17.4 Å². The molecule has 0 bridgehead atoms. The van der Waals surface area contributed by atoms with E-state index in [0.29, 0.717) is 21.8 Å². The fourth-order valence-electron chi connectivity index (χ4n) is 3.81. The molecule has 0 unspecified atom stereocenters. The largest absolute Gasteiger partial charge is 0.468 e. The van der Waals surface area contributed by atoms with Crippen molar-refractivity contribution in [1.82, 2.24) is 0 Å². The first-order valence-electron chi connectivity index (χ1n) is 8.48. The molecule has 3 atom stereocenters. The number of halogens is 1. The number of fused-ring (bicyclic) bond motifs is 3. The van der Waals surface area contributed by atoms with Crippen LogP contribution < -0.4 is 4.90 Å². The third-order valence-electron chi connectivity index (χ3n) is 5.04. The Bertz CT molecular complexity index is 943. The predicted octanol–water partition coefficient (Wildman–Crippen LogP) is 3.15. The van der Waals surface area contributed by atoms with Crippen molar-refractivity contribution in [2.75, 3.05) is 12.0 Å². The third-order valence-corrected chi connectivity index (χ3v) is 5.38. The Kier molecular flexibility index (Phi) is 4.36. The predicted molar refractivity (Wildman–Crippen MR) is 97.4 cm³/mol. The smallest absolute Gasteiger partial charge is 0.342 e. The van der Waals surface area contributed by atoms with Crippen molar-refractivity contribution < 1.29 is 23.9 Å². The minimum absolute atomic E-state index is 0.245. The van der Waals surface area contributed by atoms with E-state index in [-0.39, 0.29) is 6.42 Å². The highest BCUT2D eigenvalue weighted by Crippen LogP contribution is 2.44. The normalized spacial score (nSPS) is 23.9. The molecule has 7 heteroatoms. The minimum Gasteiger partial charge on any atom is -0.468 e. The number of carbonyl (C=O) groups excluding carboxylic acids is 3. The van der Waals surface area contributed by atoms with Crippen molar-refractivity contribution in [2.45, 2.75) is 18.6 Å². The second-order valence-electron chi connectivity index (χ2n) is 6.45. The van der Waals surface area contributed by atoms with Crippen molar-refractivity contribution in [3.8, 4) is 0 Å². The molecular weight excluding hydrogens is 370 g/mol. The van der Waals surface area contributed by atoms with Crippen LogP contribution in [-0.2, 0) is 19.1 Å². The molecule has 27 heavy (non-hydrogen) atoms. The summed E-state index contributed by atoms with van der Waals surface area (Å²) in [6.45, 7) is 0. The van der Waals surface area contributed by atoms with Gasteiger partial charge in [0.25, 0.3) is 0 Å². The molecule has 2 heterocycles. The van der Waals surface area contributed by atoms with Gasteiger partial charge in [-0.25, -0.2) is 4.79 Å². The van der Waals surface area contributed by atoms with Gasteiger partial charge >= 0.3 is 11.9 Å². The van der Waals surface area contributed by atoms with Crippen molar-refractivity contribution in [1.29, 1.82) is 0 Å². The second-order valence-corrected chi connectivity index (χ2v) is 6.86. The van der Waals surface area contributed by atoms with Crippen molar-refractivity contribution in [2.24, 2.45) is 5.92 Å². The van der Waals surface area contributed by atoms with Gasteiger partial charge in [-0.15, -0.1) is 0 Å². The van der Waals surface area contributed by atoms with E-state index in [1.165, 1.54) is 12.0 Å². The number of amides is 1. The number of para-hydroxylation sites is 1. The Morgan fingerprint density at radius 3 is 2.59 bits per heavy atom. The summed E-state index contributed by atoms with van der Waals surface area (Å²) in [5.41, 5.74) is 1.38. The van der Waals surface area contributed by atoms with Crippen LogP contribution in [0.15, 0.2) is 48.5 Å². The van der Waals surface area contributed by atoms with Crippen molar-refractivity contribution >= 4 is 35.1 Å². The molecular formula is C20H16ClNO5. The summed E-state index contributed by atoms with van der Waals surface area (Å²) in [4.78, 5) is 39.5. The van der Waals surface area contributed by atoms with Gasteiger partial charge in [-0.1, -0.05) is 41.9 Å². The second kappa shape index (κ2) is 6.70. The number of esters is 2. The quantitative estimate of drug-likeness (QED) is 0.586. The number of hydrogen-bond acceptors (Lipinski definition) is 5. The average molecular weight is 386 g/mol. The molecule has 2 aliphatic heterocycles. The summed E-state index contributed by atoms with van der Waals surface area (Å²) in [7, 11) is 1.25. The highest BCUT2D eigenvalue weighted by atomic mass is 35.5. The Morgan fingerprint density at radius 2 is 1.85 bits per heavy atom. The fraction of sp³-hybridized carbons (Fsp3) is 0.250. The summed E-state index contributed by atoms with van der Waals surface area (Å²) in [6.07, 6.45) is -0.558. The van der Waals surface area contributed by atoms with E-state index in [4.69, 9.17) is 21.1 Å². The van der Waals surface area contributed by atoms with E-state index < -0.39 is 35.9 Å². The van der Waals surface area contributed by atoms with E-state index in [1.54, 1.807) is 48.5 Å². The van der Waals surface area contributed by atoms with Crippen LogP contribution in [0.4, 0.5) is 5.69 Å². The van der Waals surface area contributed by atoms with Gasteiger partial charge in [-0.3, -0.25) is 14.5 Å². The zero-order valence-electron chi connectivity index (χ0n) is 14.4. The molecule has 0 aromatic heterocycles. The lowest BCUT2D eigenvalue weighted by atomic mass is 9.78. The molecule has 0 spiro atoms. The van der Waals surface area contributed by atoms with Crippen LogP contribution in [0.5, 0.6) is 0 Å². The number of hydrogen-bond donors (Lipinski definition) is 0. The van der Waals surface area contributed by atoms with E-state index in [2.05, 4.69) is 0 Å². The molecule has 0 aliphatic carbocycles. The van der Waals surface area contributed by atoms with E-state index in [0.717, 1.165) is 0 Å². The van der Waals surface area contributed by atoms with Crippen LogP contribution in [0, 0.1) is 5.92 Å². The molecule has 1 amide bonds. The van der Waals surface area contributed by atoms with Gasteiger partial charge in [-0.2, -0.15) is 0 Å². The lowest BCUT2D eigenvalue weighted by Crippen LogP contribution is -2.57. The van der Waals surface area contributed by atoms with Crippen LogP contribution in [0.2, 0.25) is 5.02 Å². The number of piperidine rings is 1. The van der Waals surface area contributed by atoms with E-state index >= 15 is 0 Å². The molecule has 2 aliphatic rings. The zero-order valence-corrected chi connectivity index (χ0v) is 15.2. The summed E-state index contributed by atoms with van der Waals surface area (Å²) in [5, 5.41) is 0.445. The SMILES string of the molecule is COC(=O)[C@H]1C(=O)N2c3ccccc3C(=O)O[C@H]2C[C@@H]1c1ccccc1Cl. The number of rotatable bonds is 2. The molecule has 0 N–H and O–H groups in total. The number of ether oxygens (including phenoxy) is 2. The van der Waals surface area contributed by atoms with Gasteiger partial charge < -0.3 is 9.47 Å². The minimum atomic E-state index is -1.07. The molecule has 4 rings (SSSR count). The van der Waals surface area contributed by atoms with Crippen molar-refractivity contribution in [3.63, 3.8) is 0 Å². The van der Waals surface area contributed by atoms with Gasteiger partial charge in [0.15, 0.2) is 6.23 Å². The van der Waals surface area contributed by atoms with E-state index in [1.807, 2.05) is 0 Å². The van der Waals surface area contributed by atoms with Gasteiger partial charge in [-0.05, 0) is 23.8 Å². The molecule has 138 valence electrons. The number of methoxy groups -OCH3 is 1. The molecule has 1 fully saturated rings. The van der Waals surface area contributed by atoms with Crippen LogP contribution >= 0.6 is 11.6 Å². The summed E-state index contributed by atoms with van der Waals surface area (Å²) in [5.74, 6) is -3.23. The summed E-state index contributed by atoms with van der Waals surface area (Å²) in [6, 6.07) is 13.7. The van der Waals surface area contributed by atoms with Crippen LogP contribution in [0.1, 0.15) is 28.3 Å². The van der Waals surface area contributed by atoms with Crippen molar-refractivity contribution in [3.05, 3.63) is 64.7 Å². The number of nitrogens with zero attached hydrogens (tertiary/aromatic N) is 1. The van der Waals surface area contributed by atoms with E-state index in [9.17, 15) is 14.4 Å². The topological polar surface area (TPSA) is 72.9 Å². The number of carbonyl (C=O) groups is 3. The molecule has 0 radical (unpaired) electrons. The Labute approximate surface area is 160 Å². The highest BCUT2D eigenvalue weighted by Gasteiger charge is 2.51. The third kappa shape index (κ3) is 2.77. The molecule has 2 aromatic carbocycles. The lowest BCUT2D eigenvalue weighted by molar-refractivity contribution is -0.153. The highest BCUT2D eigenvalue weighted by molar-refractivity contribution is 6.31. The fourth-order valence-corrected chi connectivity index (χ4v) is 4.09. The number of benzene rings is 2. The Hall–Kier alpha value is -2.86. The van der Waals surface area contributed by atoms with Gasteiger partial charge in [0.1, 0.15) is 5.92 Å². The molecule has 6 nitrogen and oxygen atoms in total. The molecule has 0 saturated carbocycles. The first-order chi connectivity index (χ1) is 13.0. The van der Waals surface area contributed by atoms with Crippen LogP contribution in [0.3, 0.4) is 0 Å². The molecule has 2 aromatic rings. The summed E-state index contributed by atoms with van der Waals surface area (Å²) >= 11 is 6.32. The summed E-state index contributed by atoms with van der Waals surface area (Å²) < 4.78 is 10.4. The maximum absolute atomic E-state index is 13.3. The average Bonchev–Trinajstić information content (AvgIpc) is 2.67. The Morgan fingerprint density at radius 1 is 1.15 bits per heavy atom. The maximum Gasteiger partial charge on any atom is 0.342 e. The van der Waals surface area contributed by atoms with Gasteiger partial charge in [0.2, 0.25) is 5.91 Å². The first kappa shape index (κ1) is 17.5. The molecule has 1 saturated heterocycles. The van der Waals surface area contributed by atoms with Gasteiger partial charge in [0.05, 0.1) is 18.4 Å². The zero-order chi connectivity index (χ0) is 19.1. The maximum atomic E-state index is 13.3.